The third-order valence-corrected chi connectivity index (χ3v) is 3.59. The lowest BCUT2D eigenvalue weighted by molar-refractivity contribution is 0.101. The molecule has 0 aliphatic carbocycles. The van der Waals surface area contributed by atoms with Gasteiger partial charge in [-0.15, -0.1) is 0 Å². The highest BCUT2D eigenvalue weighted by atomic mass is 16.3. The summed E-state index contributed by atoms with van der Waals surface area (Å²) in [4.78, 5) is 18.6. The smallest absolute Gasteiger partial charge is 0.198 e. The number of rotatable bonds is 3. The van der Waals surface area contributed by atoms with Crippen molar-refractivity contribution in [3.05, 3.63) is 59.2 Å². The predicted octanol–water partition coefficient (Wildman–Crippen LogP) is 4.14. The van der Waals surface area contributed by atoms with Gasteiger partial charge in [-0.05, 0) is 50.2 Å². The van der Waals surface area contributed by atoms with Crippen molar-refractivity contribution >= 4 is 28.6 Å². The van der Waals surface area contributed by atoms with Crippen molar-refractivity contribution in [1.82, 2.24) is 4.98 Å². The van der Waals surface area contributed by atoms with Gasteiger partial charge >= 0.3 is 0 Å². The van der Waals surface area contributed by atoms with Crippen LogP contribution in [0.25, 0.3) is 10.9 Å². The average Bonchev–Trinajstić information content (AvgIpc) is 2.80. The number of aromatic amines is 1. The number of aromatic nitrogens is 1. The second-order valence-corrected chi connectivity index (χ2v) is 5.30. The lowest BCUT2D eigenvalue weighted by Gasteiger charge is -1.97. The zero-order valence-electron chi connectivity index (χ0n) is 12.4. The summed E-state index contributed by atoms with van der Waals surface area (Å²) in [5.41, 5.74) is 4.04. The molecule has 0 amide bonds. The van der Waals surface area contributed by atoms with E-state index in [9.17, 15) is 9.90 Å². The average molecular weight is 292 g/mol. The van der Waals surface area contributed by atoms with Crippen molar-refractivity contribution in [1.29, 1.82) is 0 Å². The lowest BCUT2D eigenvalue weighted by Crippen LogP contribution is -1.89. The third kappa shape index (κ3) is 2.63. The molecule has 0 atom stereocenters. The first-order valence-corrected chi connectivity index (χ1v) is 7.01. The van der Waals surface area contributed by atoms with E-state index in [1.165, 1.54) is 6.92 Å². The van der Waals surface area contributed by atoms with Crippen LogP contribution in [0.15, 0.2) is 47.5 Å². The van der Waals surface area contributed by atoms with Crippen molar-refractivity contribution in [3.63, 3.8) is 0 Å². The molecule has 110 valence electrons. The largest absolute Gasteiger partial charge is 0.494 e. The van der Waals surface area contributed by atoms with E-state index in [1.807, 2.05) is 25.1 Å². The van der Waals surface area contributed by atoms with Gasteiger partial charge in [0.05, 0.1) is 11.3 Å². The first kappa shape index (κ1) is 14.1. The number of carbonyl (C=O) groups excluding carboxylic acids is 1. The molecule has 3 rings (SSSR count). The molecule has 0 aliphatic heterocycles. The van der Waals surface area contributed by atoms with Crippen molar-refractivity contribution in [2.75, 3.05) is 0 Å². The summed E-state index contributed by atoms with van der Waals surface area (Å²) in [6, 6.07) is 13.0. The lowest BCUT2D eigenvalue weighted by atomic mass is 10.1. The number of Topliss-reactive ketones (excluding diaryl/α,β-unsaturated/α-hetero) is 1. The molecule has 4 heteroatoms. The highest BCUT2D eigenvalue weighted by Gasteiger charge is 2.08. The van der Waals surface area contributed by atoms with Gasteiger partial charge in [0, 0.05) is 22.7 Å². The Hall–Kier alpha value is -2.88. The third-order valence-electron chi connectivity index (χ3n) is 3.59. The van der Waals surface area contributed by atoms with Gasteiger partial charge < -0.3 is 10.1 Å². The highest BCUT2D eigenvalue weighted by molar-refractivity contribution is 6.03. The van der Waals surface area contributed by atoms with E-state index in [-0.39, 0.29) is 11.7 Å². The molecule has 0 fully saturated rings. The van der Waals surface area contributed by atoms with Crippen LogP contribution in [0.5, 0.6) is 5.88 Å². The van der Waals surface area contributed by atoms with Gasteiger partial charge in [-0.1, -0.05) is 11.6 Å². The number of fused-ring (bicyclic) bond motifs is 1. The number of H-pyrrole nitrogens is 1. The Morgan fingerprint density at radius 2 is 1.91 bits per heavy atom. The first-order chi connectivity index (χ1) is 10.5. The molecule has 2 N–H and O–H groups in total. The fraction of sp³-hybridized carbons (Fsp3) is 0.111. The number of aromatic hydroxyl groups is 1. The van der Waals surface area contributed by atoms with E-state index in [4.69, 9.17) is 0 Å². The zero-order valence-corrected chi connectivity index (χ0v) is 12.4. The molecule has 1 aromatic heterocycles. The van der Waals surface area contributed by atoms with Crippen molar-refractivity contribution in [2.24, 2.45) is 4.99 Å². The minimum Gasteiger partial charge on any atom is -0.494 e. The number of nitrogens with zero attached hydrogens (tertiary/aromatic N) is 1. The summed E-state index contributed by atoms with van der Waals surface area (Å²) in [7, 11) is 0. The number of hydrogen-bond donors (Lipinski definition) is 2. The number of hydrogen-bond acceptors (Lipinski definition) is 3. The molecule has 3 aromatic rings. The maximum absolute atomic E-state index is 11.2. The van der Waals surface area contributed by atoms with E-state index in [0.717, 1.165) is 22.2 Å². The molecule has 0 spiro atoms. The van der Waals surface area contributed by atoms with Crippen LogP contribution in [0, 0.1) is 6.92 Å². The summed E-state index contributed by atoms with van der Waals surface area (Å²) >= 11 is 0. The molecule has 0 aliphatic rings. The van der Waals surface area contributed by atoms with Gasteiger partial charge in [0.15, 0.2) is 11.7 Å². The highest BCUT2D eigenvalue weighted by Crippen LogP contribution is 2.27. The quantitative estimate of drug-likeness (QED) is 0.563. The number of carbonyl (C=O) groups is 1. The molecule has 22 heavy (non-hydrogen) atoms. The van der Waals surface area contributed by atoms with Gasteiger partial charge in [0.25, 0.3) is 0 Å². The van der Waals surface area contributed by atoms with Crippen molar-refractivity contribution in [3.8, 4) is 5.88 Å². The van der Waals surface area contributed by atoms with Crippen molar-refractivity contribution in [2.45, 2.75) is 13.8 Å². The fourth-order valence-corrected chi connectivity index (χ4v) is 2.36. The maximum Gasteiger partial charge on any atom is 0.198 e. The minimum absolute atomic E-state index is 0.0280. The normalized spacial score (nSPS) is 11.4. The van der Waals surface area contributed by atoms with E-state index in [1.54, 1.807) is 30.5 Å². The standard InChI is InChI=1S/C18H16N2O2/c1-11-3-8-17-15(9-11)16(18(22)20-17)10-19-14-6-4-13(5-7-14)12(2)21/h3-10,20,22H,1-2H3. The predicted molar refractivity (Wildman–Crippen MR) is 88.4 cm³/mol. The number of nitrogens with one attached hydrogen (secondary N) is 1. The van der Waals surface area contributed by atoms with E-state index in [0.29, 0.717) is 11.1 Å². The Labute approximate surface area is 128 Å². The molecule has 1 heterocycles. The Balaban J connectivity index is 1.96. The molecule has 4 nitrogen and oxygen atoms in total. The van der Waals surface area contributed by atoms with Crippen LogP contribution < -0.4 is 0 Å². The maximum atomic E-state index is 11.2. The van der Waals surface area contributed by atoms with E-state index in [2.05, 4.69) is 9.98 Å². The zero-order chi connectivity index (χ0) is 15.7. The molecule has 0 radical (unpaired) electrons. The molecule has 0 saturated carbocycles. The topological polar surface area (TPSA) is 65.4 Å². The Morgan fingerprint density at radius 1 is 1.18 bits per heavy atom. The molecule has 0 saturated heterocycles. The van der Waals surface area contributed by atoms with Crippen LogP contribution in [0.4, 0.5) is 5.69 Å². The van der Waals surface area contributed by atoms with E-state index < -0.39 is 0 Å². The van der Waals surface area contributed by atoms with Crippen LogP contribution in [-0.4, -0.2) is 22.1 Å². The van der Waals surface area contributed by atoms with Crippen LogP contribution in [0.1, 0.15) is 28.4 Å². The second kappa shape index (κ2) is 5.48. The first-order valence-electron chi connectivity index (χ1n) is 7.01. The van der Waals surface area contributed by atoms with Gasteiger partial charge in [-0.3, -0.25) is 9.79 Å². The van der Waals surface area contributed by atoms with Gasteiger partial charge in [-0.25, -0.2) is 0 Å². The molecule has 0 unspecified atom stereocenters. The SMILES string of the molecule is CC(=O)c1ccc(N=Cc2c(O)[nH]c3ccc(C)cc23)cc1. The van der Waals surface area contributed by atoms with Crippen molar-refractivity contribution < 1.29 is 9.90 Å². The Kier molecular flexibility index (Phi) is 3.51. The Bertz CT molecular complexity index is 874. The summed E-state index contributed by atoms with van der Waals surface area (Å²) in [5, 5.41) is 11.0. The van der Waals surface area contributed by atoms with E-state index >= 15 is 0 Å². The number of benzene rings is 2. The van der Waals surface area contributed by atoms with Crippen LogP contribution in [0.3, 0.4) is 0 Å². The summed E-state index contributed by atoms with van der Waals surface area (Å²) in [6.07, 6.45) is 1.64. The Morgan fingerprint density at radius 3 is 2.59 bits per heavy atom. The molecule has 2 aromatic carbocycles. The summed E-state index contributed by atoms with van der Waals surface area (Å²) in [6.45, 7) is 3.54. The van der Waals surface area contributed by atoms with Gasteiger partial charge in [-0.2, -0.15) is 0 Å². The summed E-state index contributed by atoms with van der Waals surface area (Å²) < 4.78 is 0. The fourth-order valence-electron chi connectivity index (χ4n) is 2.36. The van der Waals surface area contributed by atoms with Crippen LogP contribution in [-0.2, 0) is 0 Å². The number of aliphatic imine (C=N–C) groups is 1. The monoisotopic (exact) mass is 292 g/mol. The minimum atomic E-state index is 0.0280. The van der Waals surface area contributed by atoms with Crippen LogP contribution >= 0.6 is 0 Å². The molecular formula is C18H16N2O2. The van der Waals surface area contributed by atoms with Crippen LogP contribution in [0.2, 0.25) is 0 Å². The number of aryl methyl sites for hydroxylation is 1. The van der Waals surface area contributed by atoms with Gasteiger partial charge in [0.2, 0.25) is 0 Å². The summed E-state index contributed by atoms with van der Waals surface area (Å²) in [5.74, 6) is 0.130. The number of ketones is 1. The molecule has 0 bridgehead atoms. The van der Waals surface area contributed by atoms with Gasteiger partial charge in [0.1, 0.15) is 0 Å². The second-order valence-electron chi connectivity index (χ2n) is 5.30. The molecular weight excluding hydrogens is 276 g/mol.